The van der Waals surface area contributed by atoms with Crippen molar-refractivity contribution in [2.45, 2.75) is 20.8 Å². The van der Waals surface area contributed by atoms with Gasteiger partial charge in [-0.05, 0) is 44.0 Å². The zero-order chi connectivity index (χ0) is 17.3. The van der Waals surface area contributed by atoms with Gasteiger partial charge in [-0.1, -0.05) is 42.0 Å². The zero-order valence-corrected chi connectivity index (χ0v) is 14.1. The van der Waals surface area contributed by atoms with Crippen LogP contribution >= 0.6 is 0 Å². The van der Waals surface area contributed by atoms with E-state index in [1.165, 1.54) is 4.90 Å². The molecular weight excluding hydrogens is 300 g/mol. The lowest BCUT2D eigenvalue weighted by Crippen LogP contribution is -2.32. The van der Waals surface area contributed by atoms with Gasteiger partial charge in [0.15, 0.2) is 0 Å². The van der Waals surface area contributed by atoms with Crippen LogP contribution in [0.5, 0.6) is 0 Å². The van der Waals surface area contributed by atoms with Gasteiger partial charge in [-0.25, -0.2) is 0 Å². The lowest BCUT2D eigenvalue weighted by molar-refractivity contribution is -0.136. The maximum Gasteiger partial charge on any atom is 0.278 e. The molecule has 4 nitrogen and oxygen atoms in total. The second-order valence-corrected chi connectivity index (χ2v) is 5.97. The third-order valence-corrected chi connectivity index (χ3v) is 4.11. The molecule has 0 atom stereocenters. The number of amides is 2. The van der Waals surface area contributed by atoms with Crippen molar-refractivity contribution in [2.24, 2.45) is 0 Å². The summed E-state index contributed by atoms with van der Waals surface area (Å²) < 4.78 is 0. The van der Waals surface area contributed by atoms with Gasteiger partial charge in [0.25, 0.3) is 11.8 Å². The molecule has 0 aromatic heterocycles. The lowest BCUT2D eigenvalue weighted by atomic mass is 10.0. The average molecular weight is 320 g/mol. The summed E-state index contributed by atoms with van der Waals surface area (Å²) in [5, 5.41) is 3.16. The highest BCUT2D eigenvalue weighted by atomic mass is 16.2. The lowest BCUT2D eigenvalue weighted by Gasteiger charge is -2.12. The first-order valence-electron chi connectivity index (χ1n) is 8.02. The second-order valence-electron chi connectivity index (χ2n) is 5.97. The van der Waals surface area contributed by atoms with E-state index in [1.54, 1.807) is 6.92 Å². The Morgan fingerprint density at radius 2 is 1.62 bits per heavy atom. The Bertz CT molecular complexity index is 835. The number of rotatable bonds is 4. The van der Waals surface area contributed by atoms with E-state index in [9.17, 15) is 9.59 Å². The fraction of sp³-hybridized carbons (Fsp3) is 0.200. The number of aryl methyl sites for hydroxylation is 2. The molecule has 2 aromatic carbocycles. The highest BCUT2D eigenvalue weighted by Gasteiger charge is 2.38. The summed E-state index contributed by atoms with van der Waals surface area (Å²) in [5.41, 5.74) is 4.52. The van der Waals surface area contributed by atoms with Gasteiger partial charge in [0.05, 0.1) is 5.57 Å². The first-order chi connectivity index (χ1) is 11.5. The number of imide groups is 1. The molecule has 1 heterocycles. The highest BCUT2D eigenvalue weighted by molar-refractivity contribution is 6.36. The summed E-state index contributed by atoms with van der Waals surface area (Å²) in [4.78, 5) is 26.6. The summed E-state index contributed by atoms with van der Waals surface area (Å²) in [6.07, 6.45) is 0. The number of carbonyl (C=O) groups excluding carboxylic acids is 2. The second kappa shape index (κ2) is 6.32. The zero-order valence-electron chi connectivity index (χ0n) is 14.1. The minimum Gasteiger partial charge on any atom is -0.350 e. The van der Waals surface area contributed by atoms with Crippen molar-refractivity contribution in [1.29, 1.82) is 0 Å². The topological polar surface area (TPSA) is 49.4 Å². The van der Waals surface area contributed by atoms with Gasteiger partial charge in [0.2, 0.25) is 0 Å². The van der Waals surface area contributed by atoms with Gasteiger partial charge in [0.1, 0.15) is 5.70 Å². The Kier molecular flexibility index (Phi) is 4.21. The predicted octanol–water partition coefficient (Wildman–Crippen LogP) is 3.52. The van der Waals surface area contributed by atoms with Crippen molar-refractivity contribution < 1.29 is 9.59 Å². The SMILES string of the molecule is CCN1C(=O)C(Nc2cccc(C)c2)=C(c2ccc(C)cc2)C1=O. The Labute approximate surface area is 141 Å². The van der Waals surface area contributed by atoms with Crippen molar-refractivity contribution in [3.8, 4) is 0 Å². The van der Waals surface area contributed by atoms with E-state index < -0.39 is 0 Å². The molecule has 0 fully saturated rings. The third kappa shape index (κ3) is 2.83. The minimum atomic E-state index is -0.278. The normalized spacial score (nSPS) is 14.5. The van der Waals surface area contributed by atoms with Crippen molar-refractivity contribution in [2.75, 3.05) is 11.9 Å². The Hall–Kier alpha value is -2.88. The van der Waals surface area contributed by atoms with Crippen LogP contribution in [0.3, 0.4) is 0 Å². The van der Waals surface area contributed by atoms with Crippen LogP contribution in [-0.2, 0) is 9.59 Å². The minimum absolute atomic E-state index is 0.249. The van der Waals surface area contributed by atoms with Crippen molar-refractivity contribution in [3.05, 3.63) is 70.9 Å². The van der Waals surface area contributed by atoms with E-state index in [2.05, 4.69) is 5.32 Å². The van der Waals surface area contributed by atoms with Gasteiger partial charge in [0, 0.05) is 12.2 Å². The number of likely N-dealkylation sites (N-methyl/N-ethyl adjacent to an activating group) is 1. The number of nitrogens with one attached hydrogen (secondary N) is 1. The molecule has 1 N–H and O–H groups in total. The van der Waals surface area contributed by atoms with Crippen LogP contribution in [-0.4, -0.2) is 23.3 Å². The largest absolute Gasteiger partial charge is 0.350 e. The van der Waals surface area contributed by atoms with Crippen LogP contribution in [0, 0.1) is 13.8 Å². The van der Waals surface area contributed by atoms with Crippen LogP contribution in [0.1, 0.15) is 23.6 Å². The summed E-state index contributed by atoms with van der Waals surface area (Å²) >= 11 is 0. The van der Waals surface area contributed by atoms with Gasteiger partial charge in [-0.15, -0.1) is 0 Å². The van der Waals surface area contributed by atoms with Crippen LogP contribution in [0.2, 0.25) is 0 Å². The third-order valence-electron chi connectivity index (χ3n) is 4.11. The van der Waals surface area contributed by atoms with E-state index in [0.717, 1.165) is 22.4 Å². The van der Waals surface area contributed by atoms with Crippen molar-refractivity contribution >= 4 is 23.1 Å². The molecule has 0 saturated carbocycles. The first-order valence-corrected chi connectivity index (χ1v) is 8.02. The molecule has 0 bridgehead atoms. The maximum atomic E-state index is 12.7. The average Bonchev–Trinajstić information content (AvgIpc) is 2.79. The van der Waals surface area contributed by atoms with Gasteiger partial charge < -0.3 is 5.32 Å². The molecule has 24 heavy (non-hydrogen) atoms. The number of anilines is 1. The van der Waals surface area contributed by atoms with Crippen LogP contribution < -0.4 is 5.32 Å². The molecule has 1 aliphatic heterocycles. The number of hydrogen-bond donors (Lipinski definition) is 1. The number of hydrogen-bond acceptors (Lipinski definition) is 3. The highest BCUT2D eigenvalue weighted by Crippen LogP contribution is 2.30. The van der Waals surface area contributed by atoms with Crippen LogP contribution in [0.4, 0.5) is 5.69 Å². The molecule has 0 saturated heterocycles. The summed E-state index contributed by atoms with van der Waals surface area (Å²) in [7, 11) is 0. The number of nitrogens with zero attached hydrogens (tertiary/aromatic N) is 1. The summed E-state index contributed by atoms with van der Waals surface area (Å²) in [6.45, 7) is 6.13. The summed E-state index contributed by atoms with van der Waals surface area (Å²) in [5.74, 6) is -0.527. The molecule has 3 rings (SSSR count). The maximum absolute atomic E-state index is 12.7. The molecule has 0 radical (unpaired) electrons. The molecule has 2 amide bonds. The quantitative estimate of drug-likeness (QED) is 0.877. The van der Waals surface area contributed by atoms with E-state index in [1.807, 2.05) is 62.4 Å². The predicted molar refractivity (Wildman–Crippen MR) is 95.3 cm³/mol. The monoisotopic (exact) mass is 320 g/mol. The number of benzene rings is 2. The van der Waals surface area contributed by atoms with E-state index in [0.29, 0.717) is 17.8 Å². The Morgan fingerprint density at radius 3 is 2.25 bits per heavy atom. The van der Waals surface area contributed by atoms with Gasteiger partial charge in [-0.3, -0.25) is 14.5 Å². The van der Waals surface area contributed by atoms with Crippen molar-refractivity contribution in [3.63, 3.8) is 0 Å². The van der Waals surface area contributed by atoms with E-state index >= 15 is 0 Å². The molecule has 0 unspecified atom stereocenters. The number of carbonyl (C=O) groups is 2. The van der Waals surface area contributed by atoms with E-state index in [-0.39, 0.29) is 11.8 Å². The van der Waals surface area contributed by atoms with Crippen LogP contribution in [0.15, 0.2) is 54.2 Å². The summed E-state index contributed by atoms with van der Waals surface area (Å²) in [6, 6.07) is 15.4. The molecule has 0 spiro atoms. The van der Waals surface area contributed by atoms with E-state index in [4.69, 9.17) is 0 Å². The smallest absolute Gasteiger partial charge is 0.278 e. The Balaban J connectivity index is 2.09. The molecule has 2 aromatic rings. The molecular formula is C20H20N2O2. The van der Waals surface area contributed by atoms with Gasteiger partial charge >= 0.3 is 0 Å². The fourth-order valence-corrected chi connectivity index (χ4v) is 2.83. The van der Waals surface area contributed by atoms with Crippen LogP contribution in [0.25, 0.3) is 5.57 Å². The standard InChI is InChI=1S/C20H20N2O2/c1-4-22-19(23)17(15-10-8-13(2)9-11-15)18(20(22)24)21-16-7-5-6-14(3)12-16/h5-12,21H,4H2,1-3H3. The Morgan fingerprint density at radius 1 is 0.917 bits per heavy atom. The molecule has 4 heteroatoms. The molecule has 122 valence electrons. The first kappa shape index (κ1) is 16.0. The van der Waals surface area contributed by atoms with Crippen molar-refractivity contribution in [1.82, 2.24) is 4.90 Å². The van der Waals surface area contributed by atoms with Gasteiger partial charge in [-0.2, -0.15) is 0 Å². The fourth-order valence-electron chi connectivity index (χ4n) is 2.83. The molecule has 1 aliphatic rings. The molecule has 0 aliphatic carbocycles.